The van der Waals surface area contributed by atoms with Gasteiger partial charge in [-0.2, -0.15) is 0 Å². The van der Waals surface area contributed by atoms with E-state index in [0.29, 0.717) is 31.0 Å². The minimum atomic E-state index is -0.828. The van der Waals surface area contributed by atoms with Gasteiger partial charge in [0, 0.05) is 57.6 Å². The first-order valence-corrected chi connectivity index (χ1v) is 14.0. The first kappa shape index (κ1) is 31.0. The third-order valence-corrected chi connectivity index (χ3v) is 7.05. The number of anilines is 1. The Bertz CT molecular complexity index is 1570. The topological polar surface area (TPSA) is 137 Å². The molecule has 1 aromatic heterocycles. The fourth-order valence-electron chi connectivity index (χ4n) is 4.72. The van der Waals surface area contributed by atoms with Gasteiger partial charge >= 0.3 is 6.03 Å². The zero-order valence-electron chi connectivity index (χ0n) is 24.7. The number of halogens is 1. The summed E-state index contributed by atoms with van der Waals surface area (Å²) in [6.45, 7) is 6.89. The number of carbonyl (C=O) groups excluding carboxylic acids is 2. The standard InChI is InChI=1S/C30H37FN8O4/c1-5-13-38-20(2)27(29(41)39(38)22-9-7-6-8-10-22)28(40)34-21-11-12-24(23(31)18-21)43-25(32)19-26(33-3)35-30(42)37-16-14-36(4)15-17-37/h6-12,18-19,32-33H,5,13-17H2,1-4H3,(H,34,40)(H,35,42)/b26-19+,32-25?. The minimum absolute atomic E-state index is 0.0387. The highest BCUT2D eigenvalue weighted by atomic mass is 19.1. The Kier molecular flexibility index (Phi) is 9.99. The molecule has 3 amide bonds. The molecule has 2 aromatic carbocycles. The Labute approximate surface area is 249 Å². The molecule has 0 aliphatic carbocycles. The van der Waals surface area contributed by atoms with Gasteiger partial charge < -0.3 is 25.2 Å². The van der Waals surface area contributed by atoms with E-state index in [4.69, 9.17) is 10.1 Å². The van der Waals surface area contributed by atoms with Crippen molar-refractivity contribution in [2.45, 2.75) is 26.8 Å². The summed E-state index contributed by atoms with van der Waals surface area (Å²) in [4.78, 5) is 42.9. The van der Waals surface area contributed by atoms with Crippen molar-refractivity contribution < 1.29 is 18.7 Å². The summed E-state index contributed by atoms with van der Waals surface area (Å²) in [7, 11) is 3.57. The molecule has 1 aliphatic heterocycles. The molecule has 12 nitrogen and oxygen atoms in total. The Morgan fingerprint density at radius 3 is 2.42 bits per heavy atom. The molecule has 0 saturated carbocycles. The maximum atomic E-state index is 15.0. The van der Waals surface area contributed by atoms with Crippen molar-refractivity contribution in [3.05, 3.63) is 87.9 Å². The summed E-state index contributed by atoms with van der Waals surface area (Å²) in [5.74, 6) is -1.96. The van der Waals surface area contributed by atoms with E-state index >= 15 is 0 Å². The van der Waals surface area contributed by atoms with Crippen molar-refractivity contribution >= 4 is 23.5 Å². The van der Waals surface area contributed by atoms with E-state index in [0.717, 1.165) is 25.6 Å². The van der Waals surface area contributed by atoms with Gasteiger partial charge in [0.15, 0.2) is 11.6 Å². The lowest BCUT2D eigenvalue weighted by Crippen LogP contribution is -2.51. The second-order valence-corrected chi connectivity index (χ2v) is 10.1. The van der Waals surface area contributed by atoms with E-state index in [1.807, 2.05) is 32.2 Å². The molecular formula is C30H37FN8O4. The van der Waals surface area contributed by atoms with Crippen molar-refractivity contribution in [1.82, 2.24) is 29.8 Å². The first-order chi connectivity index (χ1) is 20.6. The molecular weight excluding hydrogens is 555 g/mol. The molecule has 1 saturated heterocycles. The van der Waals surface area contributed by atoms with Crippen LogP contribution in [0.1, 0.15) is 29.4 Å². The molecule has 228 valence electrons. The number of piperazine rings is 1. The number of rotatable bonds is 9. The minimum Gasteiger partial charge on any atom is -0.436 e. The number of para-hydroxylation sites is 1. The lowest BCUT2D eigenvalue weighted by Gasteiger charge is -2.32. The number of nitrogens with zero attached hydrogens (tertiary/aromatic N) is 4. The van der Waals surface area contributed by atoms with Crippen molar-refractivity contribution in [3.8, 4) is 11.4 Å². The summed E-state index contributed by atoms with van der Waals surface area (Å²) in [5.41, 5.74) is 0.723. The third-order valence-electron chi connectivity index (χ3n) is 7.05. The number of hydrogen-bond donors (Lipinski definition) is 4. The lowest BCUT2D eigenvalue weighted by molar-refractivity contribution is 0.102. The van der Waals surface area contributed by atoms with E-state index < -0.39 is 23.2 Å². The Morgan fingerprint density at radius 2 is 1.79 bits per heavy atom. The van der Waals surface area contributed by atoms with E-state index in [2.05, 4.69) is 20.9 Å². The highest BCUT2D eigenvalue weighted by molar-refractivity contribution is 6.05. The van der Waals surface area contributed by atoms with Crippen molar-refractivity contribution in [3.63, 3.8) is 0 Å². The fraction of sp³-hybridized carbons (Fsp3) is 0.333. The van der Waals surface area contributed by atoms with Crippen LogP contribution < -0.4 is 26.2 Å². The molecule has 0 spiro atoms. The normalized spacial score (nSPS) is 13.9. The molecule has 13 heteroatoms. The Morgan fingerprint density at radius 1 is 1.09 bits per heavy atom. The number of benzene rings is 2. The average Bonchev–Trinajstić information content (AvgIpc) is 3.23. The first-order valence-electron chi connectivity index (χ1n) is 14.0. The summed E-state index contributed by atoms with van der Waals surface area (Å²) >= 11 is 0. The zero-order chi connectivity index (χ0) is 31.1. The van der Waals surface area contributed by atoms with Gasteiger partial charge in [-0.05, 0) is 44.7 Å². The van der Waals surface area contributed by atoms with Crippen LogP contribution in [0.2, 0.25) is 0 Å². The summed E-state index contributed by atoms with van der Waals surface area (Å²) in [6.07, 6.45) is 1.97. The molecule has 1 fully saturated rings. The maximum Gasteiger partial charge on any atom is 0.323 e. The summed E-state index contributed by atoms with van der Waals surface area (Å²) in [5, 5.41) is 16.2. The molecule has 0 unspecified atom stereocenters. The average molecular weight is 593 g/mol. The summed E-state index contributed by atoms with van der Waals surface area (Å²) in [6, 6.07) is 12.5. The van der Waals surface area contributed by atoms with Gasteiger partial charge in [-0.25, -0.2) is 13.9 Å². The zero-order valence-corrected chi connectivity index (χ0v) is 24.7. The van der Waals surface area contributed by atoms with Crippen LogP contribution in [0.15, 0.2) is 65.2 Å². The van der Waals surface area contributed by atoms with Crippen LogP contribution in [-0.4, -0.2) is 77.3 Å². The molecule has 1 aliphatic rings. The quantitative estimate of drug-likeness (QED) is 0.223. The molecule has 4 N–H and O–H groups in total. The summed E-state index contributed by atoms with van der Waals surface area (Å²) < 4.78 is 23.5. The van der Waals surface area contributed by atoms with Crippen LogP contribution in [0.3, 0.4) is 0 Å². The highest BCUT2D eigenvalue weighted by Gasteiger charge is 2.24. The number of likely N-dealkylation sites (N-methyl/N-ethyl adjacent to an activating group) is 1. The second kappa shape index (κ2) is 13.8. The number of hydrogen-bond acceptors (Lipinski definition) is 7. The molecule has 0 bridgehead atoms. The van der Waals surface area contributed by atoms with Crippen LogP contribution in [0.4, 0.5) is 14.9 Å². The molecule has 0 atom stereocenters. The van der Waals surface area contributed by atoms with Gasteiger partial charge in [-0.3, -0.25) is 25.0 Å². The SMILES string of the molecule is CCCn1c(C)c(C(=O)Nc2ccc(OC(=N)/C=C(\NC)NC(=O)N3CCN(C)CC3)c(F)c2)c(=O)n1-c1ccccc1. The third kappa shape index (κ3) is 7.30. The van der Waals surface area contributed by atoms with Gasteiger partial charge in [0.25, 0.3) is 11.5 Å². The number of ether oxygens (including phenoxy) is 1. The van der Waals surface area contributed by atoms with Crippen LogP contribution >= 0.6 is 0 Å². The molecule has 2 heterocycles. The molecule has 43 heavy (non-hydrogen) atoms. The van der Waals surface area contributed by atoms with E-state index in [9.17, 15) is 18.8 Å². The van der Waals surface area contributed by atoms with E-state index in [1.54, 1.807) is 35.7 Å². The Balaban J connectivity index is 1.45. The van der Waals surface area contributed by atoms with Gasteiger partial charge in [0.1, 0.15) is 11.4 Å². The monoisotopic (exact) mass is 592 g/mol. The fourth-order valence-corrected chi connectivity index (χ4v) is 4.72. The van der Waals surface area contributed by atoms with E-state index in [-0.39, 0.29) is 28.9 Å². The number of urea groups is 1. The number of nitrogens with one attached hydrogen (secondary N) is 4. The smallest absolute Gasteiger partial charge is 0.323 e. The number of aromatic nitrogens is 2. The second-order valence-electron chi connectivity index (χ2n) is 10.1. The molecule has 0 radical (unpaired) electrons. The molecule has 4 rings (SSSR count). The molecule has 3 aromatic rings. The highest BCUT2D eigenvalue weighted by Crippen LogP contribution is 2.22. The van der Waals surface area contributed by atoms with Crippen LogP contribution in [0.25, 0.3) is 5.69 Å². The van der Waals surface area contributed by atoms with Gasteiger partial charge in [0.2, 0.25) is 5.90 Å². The van der Waals surface area contributed by atoms with E-state index in [1.165, 1.54) is 22.9 Å². The predicted molar refractivity (Wildman–Crippen MR) is 163 cm³/mol. The van der Waals surface area contributed by atoms with Gasteiger partial charge in [-0.15, -0.1) is 0 Å². The van der Waals surface area contributed by atoms with Crippen molar-refractivity contribution in [2.24, 2.45) is 0 Å². The number of carbonyl (C=O) groups is 2. The van der Waals surface area contributed by atoms with Gasteiger partial charge in [0.05, 0.1) is 11.4 Å². The van der Waals surface area contributed by atoms with Gasteiger partial charge in [-0.1, -0.05) is 25.1 Å². The Hall–Kier alpha value is -4.91. The van der Waals surface area contributed by atoms with Crippen molar-refractivity contribution in [2.75, 3.05) is 45.6 Å². The van der Waals surface area contributed by atoms with Crippen LogP contribution in [-0.2, 0) is 6.54 Å². The number of amides is 3. The van der Waals surface area contributed by atoms with Crippen molar-refractivity contribution in [1.29, 1.82) is 5.41 Å². The van der Waals surface area contributed by atoms with Crippen LogP contribution in [0.5, 0.6) is 5.75 Å². The lowest BCUT2D eigenvalue weighted by atomic mass is 10.2. The largest absolute Gasteiger partial charge is 0.436 e. The predicted octanol–water partition coefficient (Wildman–Crippen LogP) is 3.12. The maximum absolute atomic E-state index is 15.0. The van der Waals surface area contributed by atoms with Crippen LogP contribution in [0, 0.1) is 18.2 Å².